The van der Waals surface area contributed by atoms with Crippen LogP contribution in [0.25, 0.3) is 0 Å². The molecule has 142 valence electrons. The molecule has 0 aliphatic carbocycles. The highest BCUT2D eigenvalue weighted by molar-refractivity contribution is 7.11. The van der Waals surface area contributed by atoms with Crippen LogP contribution in [0.2, 0.25) is 0 Å². The number of ether oxygens (including phenoxy) is 2. The molecule has 0 aliphatic heterocycles. The van der Waals surface area contributed by atoms with Crippen molar-refractivity contribution in [3.63, 3.8) is 0 Å². The molecule has 0 unspecified atom stereocenters. The zero-order valence-corrected chi connectivity index (χ0v) is 16.9. The van der Waals surface area contributed by atoms with Gasteiger partial charge < -0.3 is 20.1 Å². The minimum atomic E-state index is 0.648. The first-order valence-electron chi connectivity index (χ1n) is 8.83. The van der Waals surface area contributed by atoms with Crippen LogP contribution in [-0.2, 0) is 17.8 Å². The Morgan fingerprint density at radius 2 is 1.88 bits per heavy atom. The van der Waals surface area contributed by atoms with Crippen LogP contribution in [0, 0.1) is 13.8 Å². The van der Waals surface area contributed by atoms with Gasteiger partial charge in [0, 0.05) is 49.0 Å². The summed E-state index contributed by atoms with van der Waals surface area (Å²) < 4.78 is 11.0. The predicted octanol–water partition coefficient (Wildman–Crippen LogP) is 3.65. The summed E-state index contributed by atoms with van der Waals surface area (Å²) in [7, 11) is 3.49. The molecule has 1 aromatic heterocycles. The molecule has 2 N–H and O–H groups in total. The first-order chi connectivity index (χ1) is 12.6. The Labute approximate surface area is 160 Å². The Hall–Kier alpha value is -2.05. The third-order valence-corrected chi connectivity index (χ3v) is 4.87. The highest BCUT2D eigenvalue weighted by Crippen LogP contribution is 2.20. The fourth-order valence-electron chi connectivity index (χ4n) is 2.48. The van der Waals surface area contributed by atoms with Crippen LogP contribution in [0.5, 0.6) is 5.75 Å². The van der Waals surface area contributed by atoms with Crippen molar-refractivity contribution in [1.29, 1.82) is 0 Å². The smallest absolute Gasteiger partial charge is 0.191 e. The molecule has 26 heavy (non-hydrogen) atoms. The van der Waals surface area contributed by atoms with Crippen molar-refractivity contribution in [2.45, 2.75) is 33.4 Å². The summed E-state index contributed by atoms with van der Waals surface area (Å²) in [5.74, 6) is 1.69. The molecule has 5 nitrogen and oxygen atoms in total. The molecule has 0 fully saturated rings. The van der Waals surface area contributed by atoms with Crippen LogP contribution in [0.4, 0.5) is 0 Å². The van der Waals surface area contributed by atoms with Crippen LogP contribution in [-0.4, -0.2) is 33.3 Å². The number of methoxy groups -OCH3 is 1. The van der Waals surface area contributed by atoms with Crippen LogP contribution < -0.4 is 15.4 Å². The van der Waals surface area contributed by atoms with Gasteiger partial charge in [-0.2, -0.15) is 0 Å². The quantitative estimate of drug-likeness (QED) is 0.399. The van der Waals surface area contributed by atoms with Gasteiger partial charge >= 0.3 is 0 Å². The zero-order valence-electron chi connectivity index (χ0n) is 16.1. The summed E-state index contributed by atoms with van der Waals surface area (Å²) in [6.07, 6.45) is 0.876. The summed E-state index contributed by atoms with van der Waals surface area (Å²) >= 11 is 1.80. The predicted molar refractivity (Wildman–Crippen MR) is 109 cm³/mol. The molecule has 0 bridgehead atoms. The molecule has 0 atom stereocenters. The molecular weight excluding hydrogens is 346 g/mol. The molecule has 6 heteroatoms. The van der Waals surface area contributed by atoms with Crippen LogP contribution >= 0.6 is 11.3 Å². The summed E-state index contributed by atoms with van der Waals surface area (Å²) in [5.41, 5.74) is 2.30. The number of nitrogens with one attached hydrogen (secondary N) is 2. The molecule has 2 aromatic rings. The van der Waals surface area contributed by atoms with Gasteiger partial charge in [-0.25, -0.2) is 0 Å². The highest BCUT2D eigenvalue weighted by Gasteiger charge is 2.06. The second kappa shape index (κ2) is 10.8. The minimum absolute atomic E-state index is 0.648. The second-order valence-corrected chi connectivity index (χ2v) is 7.47. The van der Waals surface area contributed by atoms with E-state index in [9.17, 15) is 0 Å². The number of guanidine groups is 1. The lowest BCUT2D eigenvalue weighted by Gasteiger charge is -2.15. The van der Waals surface area contributed by atoms with E-state index in [1.54, 1.807) is 25.5 Å². The zero-order chi connectivity index (χ0) is 18.8. The first kappa shape index (κ1) is 20.3. The average Bonchev–Trinajstić information content (AvgIpc) is 3.05. The Morgan fingerprint density at radius 1 is 1.08 bits per heavy atom. The van der Waals surface area contributed by atoms with E-state index in [2.05, 4.69) is 59.8 Å². The van der Waals surface area contributed by atoms with Crippen LogP contribution in [0.15, 0.2) is 35.3 Å². The third kappa shape index (κ3) is 6.69. The second-order valence-electron chi connectivity index (χ2n) is 6.10. The summed E-state index contributed by atoms with van der Waals surface area (Å²) in [5, 5.41) is 6.72. The number of thiophene rings is 1. The average molecular weight is 376 g/mol. The molecule has 2 rings (SSSR count). The molecule has 0 amide bonds. The monoisotopic (exact) mass is 375 g/mol. The summed E-state index contributed by atoms with van der Waals surface area (Å²) in [4.78, 5) is 6.91. The minimum Gasteiger partial charge on any atom is -0.493 e. The topological polar surface area (TPSA) is 54.9 Å². The Kier molecular flexibility index (Phi) is 8.44. The largest absolute Gasteiger partial charge is 0.493 e. The molecule has 0 spiro atoms. The van der Waals surface area contributed by atoms with Gasteiger partial charge in [0.05, 0.1) is 13.2 Å². The maximum atomic E-state index is 5.94. The lowest BCUT2D eigenvalue weighted by atomic mass is 10.1. The number of nitrogens with zero attached hydrogens (tertiary/aromatic N) is 1. The van der Waals surface area contributed by atoms with Gasteiger partial charge in [-0.15, -0.1) is 11.3 Å². The molecule has 0 saturated heterocycles. The molecule has 1 heterocycles. The van der Waals surface area contributed by atoms with E-state index in [0.717, 1.165) is 30.2 Å². The number of aliphatic imine (C=N–C) groups is 1. The van der Waals surface area contributed by atoms with E-state index in [-0.39, 0.29) is 0 Å². The maximum absolute atomic E-state index is 5.94. The lowest BCUT2D eigenvalue weighted by molar-refractivity contribution is 0.172. The highest BCUT2D eigenvalue weighted by atomic mass is 32.1. The van der Waals surface area contributed by atoms with Crippen LogP contribution in [0.3, 0.4) is 0 Å². The van der Waals surface area contributed by atoms with Gasteiger partial charge in [-0.1, -0.05) is 12.1 Å². The first-order valence-corrected chi connectivity index (χ1v) is 9.65. The SMILES string of the molecule is CN=C(NCc1ccc(C)s1)NCc1ccc(C)cc1OCCCOC. The Bertz CT molecular complexity index is 713. The van der Waals surface area contributed by atoms with Gasteiger partial charge in [0.25, 0.3) is 0 Å². The van der Waals surface area contributed by atoms with E-state index in [1.165, 1.54) is 15.3 Å². The molecule has 0 aliphatic rings. The number of hydrogen-bond donors (Lipinski definition) is 2. The van der Waals surface area contributed by atoms with Gasteiger partial charge in [-0.05, 0) is 37.6 Å². The van der Waals surface area contributed by atoms with Gasteiger partial charge in [0.1, 0.15) is 5.75 Å². The fraction of sp³-hybridized carbons (Fsp3) is 0.450. The molecular formula is C20H29N3O2S. The number of rotatable bonds is 9. The van der Waals surface area contributed by atoms with E-state index in [0.29, 0.717) is 19.8 Å². The van der Waals surface area contributed by atoms with E-state index in [1.807, 2.05) is 0 Å². The number of benzene rings is 1. The number of hydrogen-bond acceptors (Lipinski definition) is 4. The molecule has 0 saturated carbocycles. The fourth-order valence-corrected chi connectivity index (χ4v) is 3.31. The van der Waals surface area contributed by atoms with Gasteiger partial charge in [-0.3, -0.25) is 4.99 Å². The molecule has 0 radical (unpaired) electrons. The molecule has 1 aromatic carbocycles. The van der Waals surface area contributed by atoms with Crippen molar-refractivity contribution < 1.29 is 9.47 Å². The number of aryl methyl sites for hydroxylation is 2. The van der Waals surface area contributed by atoms with E-state index < -0.39 is 0 Å². The Morgan fingerprint density at radius 3 is 2.58 bits per heavy atom. The normalized spacial score (nSPS) is 11.5. The lowest BCUT2D eigenvalue weighted by Crippen LogP contribution is -2.36. The van der Waals surface area contributed by atoms with Crippen molar-refractivity contribution in [1.82, 2.24) is 10.6 Å². The Balaban J connectivity index is 1.89. The van der Waals surface area contributed by atoms with Crippen molar-refractivity contribution in [2.24, 2.45) is 4.99 Å². The van der Waals surface area contributed by atoms with E-state index in [4.69, 9.17) is 9.47 Å². The van der Waals surface area contributed by atoms with Crippen LogP contribution in [0.1, 0.15) is 27.3 Å². The standard InChI is InChI=1S/C20H29N3O2S/c1-15-6-8-17(19(12-15)25-11-5-10-24-4)13-22-20(21-3)23-14-18-9-7-16(2)26-18/h6-9,12H,5,10-11,13-14H2,1-4H3,(H2,21,22,23). The third-order valence-electron chi connectivity index (χ3n) is 3.87. The van der Waals surface area contributed by atoms with E-state index >= 15 is 0 Å². The summed E-state index contributed by atoms with van der Waals surface area (Å²) in [6.45, 7) is 6.97. The van der Waals surface area contributed by atoms with Crippen molar-refractivity contribution in [3.8, 4) is 5.75 Å². The maximum Gasteiger partial charge on any atom is 0.191 e. The van der Waals surface area contributed by atoms with Gasteiger partial charge in [0.15, 0.2) is 5.96 Å². The van der Waals surface area contributed by atoms with Crippen molar-refractivity contribution >= 4 is 17.3 Å². The van der Waals surface area contributed by atoms with Crippen molar-refractivity contribution in [2.75, 3.05) is 27.4 Å². The van der Waals surface area contributed by atoms with Gasteiger partial charge in [0.2, 0.25) is 0 Å². The van der Waals surface area contributed by atoms with Crippen molar-refractivity contribution in [3.05, 3.63) is 51.2 Å². The summed E-state index contributed by atoms with van der Waals surface area (Å²) in [6, 6.07) is 10.6.